The van der Waals surface area contributed by atoms with Gasteiger partial charge in [0, 0.05) is 53.1 Å². The molecule has 2 amide bonds. The number of ketones is 1. The molecule has 10 heteroatoms. The largest absolute Gasteiger partial charge is 0.344 e. The van der Waals surface area contributed by atoms with Crippen LogP contribution in [0.3, 0.4) is 0 Å². The monoisotopic (exact) mass is 481 g/mol. The molecule has 5 rings (SSSR count). The van der Waals surface area contributed by atoms with E-state index >= 15 is 0 Å². The molecule has 2 aromatic heterocycles. The minimum atomic E-state index is -0.319. The Morgan fingerprint density at radius 3 is 2.56 bits per heavy atom. The van der Waals surface area contributed by atoms with Crippen molar-refractivity contribution in [3.05, 3.63) is 94.6 Å². The van der Waals surface area contributed by atoms with E-state index in [1.54, 1.807) is 61.8 Å². The first-order valence-corrected chi connectivity index (χ1v) is 11.2. The quantitative estimate of drug-likeness (QED) is 0.245. The van der Waals surface area contributed by atoms with Gasteiger partial charge in [0.25, 0.3) is 11.8 Å². The molecule has 0 saturated carbocycles. The van der Waals surface area contributed by atoms with E-state index < -0.39 is 0 Å². The van der Waals surface area contributed by atoms with Crippen LogP contribution in [-0.2, 0) is 11.8 Å². The first-order valence-electron chi connectivity index (χ1n) is 11.2. The molecule has 0 atom stereocenters. The van der Waals surface area contributed by atoms with E-state index in [0.717, 1.165) is 11.4 Å². The van der Waals surface area contributed by atoms with Gasteiger partial charge in [0.2, 0.25) is 0 Å². The Morgan fingerprint density at radius 2 is 1.83 bits per heavy atom. The van der Waals surface area contributed by atoms with Gasteiger partial charge >= 0.3 is 0 Å². The molecule has 1 aliphatic rings. The average Bonchev–Trinajstić information content (AvgIpc) is 3.52. The number of aromatic nitrogens is 4. The summed E-state index contributed by atoms with van der Waals surface area (Å²) in [5.41, 5.74) is 5.04. The van der Waals surface area contributed by atoms with Gasteiger partial charge in [-0.25, -0.2) is 0 Å². The number of hydrogen-bond acceptors (Lipinski definition) is 6. The SMILES string of the molecule is Cc1cc(C(=O)Nc2cccc(C(=O)c3ccc4c(c3)NC(=O)/C4=C\Nc3cc(C)[nH]n3)c2)n(C)n1. The molecule has 0 bridgehead atoms. The first kappa shape index (κ1) is 22.8. The number of carbonyl (C=O) groups is 3. The van der Waals surface area contributed by atoms with Crippen molar-refractivity contribution >= 4 is 40.4 Å². The van der Waals surface area contributed by atoms with Crippen LogP contribution in [0.1, 0.15) is 43.4 Å². The maximum absolute atomic E-state index is 13.2. The molecular formula is C26H23N7O3. The van der Waals surface area contributed by atoms with Gasteiger partial charge in [-0.05, 0) is 38.1 Å². The number of aryl methyl sites for hydroxylation is 3. The third kappa shape index (κ3) is 4.39. The van der Waals surface area contributed by atoms with Crippen molar-refractivity contribution in [2.45, 2.75) is 13.8 Å². The lowest BCUT2D eigenvalue weighted by molar-refractivity contribution is -0.110. The van der Waals surface area contributed by atoms with Crippen LogP contribution in [0.5, 0.6) is 0 Å². The van der Waals surface area contributed by atoms with Crippen LogP contribution in [0.4, 0.5) is 17.2 Å². The zero-order valence-electron chi connectivity index (χ0n) is 19.8. The fourth-order valence-electron chi connectivity index (χ4n) is 4.04. The Balaban J connectivity index is 1.35. The zero-order valence-corrected chi connectivity index (χ0v) is 19.8. The Bertz CT molecular complexity index is 1560. The number of H-pyrrole nitrogens is 1. The molecule has 0 fully saturated rings. The number of nitrogens with zero attached hydrogens (tertiary/aromatic N) is 3. The molecule has 0 radical (unpaired) electrons. The fourth-order valence-corrected chi connectivity index (χ4v) is 4.04. The number of fused-ring (bicyclic) bond motifs is 1. The van der Waals surface area contributed by atoms with Crippen molar-refractivity contribution < 1.29 is 14.4 Å². The van der Waals surface area contributed by atoms with E-state index in [4.69, 9.17) is 0 Å². The van der Waals surface area contributed by atoms with Gasteiger partial charge in [-0.15, -0.1) is 0 Å². The number of benzene rings is 2. The summed E-state index contributed by atoms with van der Waals surface area (Å²) in [6.07, 6.45) is 1.59. The number of aromatic amines is 1. The molecule has 0 aliphatic carbocycles. The molecule has 0 saturated heterocycles. The predicted molar refractivity (Wildman–Crippen MR) is 136 cm³/mol. The van der Waals surface area contributed by atoms with Crippen molar-refractivity contribution in [3.63, 3.8) is 0 Å². The van der Waals surface area contributed by atoms with Crippen LogP contribution in [-0.4, -0.2) is 37.6 Å². The Kier molecular flexibility index (Phi) is 5.69. The molecule has 36 heavy (non-hydrogen) atoms. The summed E-state index contributed by atoms with van der Waals surface area (Å²) >= 11 is 0. The lowest BCUT2D eigenvalue weighted by Gasteiger charge is -2.08. The summed E-state index contributed by atoms with van der Waals surface area (Å²) in [5, 5.41) is 19.7. The van der Waals surface area contributed by atoms with Crippen LogP contribution < -0.4 is 16.0 Å². The summed E-state index contributed by atoms with van der Waals surface area (Å²) < 4.78 is 1.51. The molecule has 10 nitrogen and oxygen atoms in total. The Labute approximate surface area is 206 Å². The van der Waals surface area contributed by atoms with Gasteiger partial charge in [-0.2, -0.15) is 10.2 Å². The first-order chi connectivity index (χ1) is 17.3. The molecule has 180 valence electrons. The maximum Gasteiger partial charge on any atom is 0.273 e. The smallest absolute Gasteiger partial charge is 0.273 e. The summed E-state index contributed by atoms with van der Waals surface area (Å²) in [6.45, 7) is 3.69. The lowest BCUT2D eigenvalue weighted by Crippen LogP contribution is -2.16. The second-order valence-corrected chi connectivity index (χ2v) is 8.51. The minimum Gasteiger partial charge on any atom is -0.344 e. The molecule has 0 spiro atoms. The van der Waals surface area contributed by atoms with Gasteiger partial charge in [0.1, 0.15) is 5.69 Å². The van der Waals surface area contributed by atoms with Crippen LogP contribution in [0, 0.1) is 13.8 Å². The van der Waals surface area contributed by atoms with E-state index in [1.165, 1.54) is 4.68 Å². The maximum atomic E-state index is 13.2. The van der Waals surface area contributed by atoms with Crippen molar-refractivity contribution in [2.75, 3.05) is 16.0 Å². The fraction of sp³-hybridized carbons (Fsp3) is 0.115. The van der Waals surface area contributed by atoms with Gasteiger partial charge in [-0.1, -0.05) is 24.3 Å². The highest BCUT2D eigenvalue weighted by Crippen LogP contribution is 2.33. The molecule has 4 N–H and O–H groups in total. The van der Waals surface area contributed by atoms with Crippen LogP contribution in [0.25, 0.3) is 5.57 Å². The zero-order chi connectivity index (χ0) is 25.4. The van der Waals surface area contributed by atoms with Gasteiger partial charge in [-0.3, -0.25) is 24.2 Å². The van der Waals surface area contributed by atoms with Crippen molar-refractivity contribution in [1.29, 1.82) is 0 Å². The standard InChI is InChI=1S/C26H23N7O3/c1-14-10-23(31-30-14)27-13-20-19-8-7-17(12-21(19)29-25(20)35)24(34)16-5-4-6-18(11-16)28-26(36)22-9-15(2)32-33(22)3/h4-13H,1-3H3,(H,28,36)(H,29,35)(H2,27,30,31)/b20-13-. The normalized spacial score (nSPS) is 13.4. The van der Waals surface area contributed by atoms with Crippen molar-refractivity contribution in [1.82, 2.24) is 20.0 Å². The second kappa shape index (κ2) is 8.99. The van der Waals surface area contributed by atoms with E-state index in [2.05, 4.69) is 31.2 Å². The minimum absolute atomic E-state index is 0.234. The number of anilines is 3. The van der Waals surface area contributed by atoms with Gasteiger partial charge in [0.15, 0.2) is 11.6 Å². The molecule has 2 aromatic carbocycles. The number of nitrogens with one attached hydrogen (secondary N) is 4. The number of rotatable bonds is 6. The summed E-state index contributed by atoms with van der Waals surface area (Å²) in [7, 11) is 1.70. The number of hydrogen-bond donors (Lipinski definition) is 4. The summed E-state index contributed by atoms with van der Waals surface area (Å²) in [5.74, 6) is -0.231. The second-order valence-electron chi connectivity index (χ2n) is 8.51. The van der Waals surface area contributed by atoms with Gasteiger partial charge < -0.3 is 16.0 Å². The van der Waals surface area contributed by atoms with E-state index in [1.807, 2.05) is 19.9 Å². The highest BCUT2D eigenvalue weighted by atomic mass is 16.2. The van der Waals surface area contributed by atoms with Crippen LogP contribution in [0.15, 0.2) is 60.8 Å². The van der Waals surface area contributed by atoms with Gasteiger partial charge in [0.05, 0.1) is 11.3 Å². The van der Waals surface area contributed by atoms with E-state index in [-0.39, 0.29) is 17.6 Å². The number of amides is 2. The van der Waals surface area contributed by atoms with Crippen molar-refractivity contribution in [3.8, 4) is 0 Å². The highest BCUT2D eigenvalue weighted by Gasteiger charge is 2.25. The third-order valence-electron chi connectivity index (χ3n) is 5.75. The van der Waals surface area contributed by atoms with E-state index in [0.29, 0.717) is 45.2 Å². The molecule has 4 aromatic rings. The predicted octanol–water partition coefficient (Wildman–Crippen LogP) is 3.65. The van der Waals surface area contributed by atoms with Crippen molar-refractivity contribution in [2.24, 2.45) is 7.05 Å². The topological polar surface area (TPSA) is 134 Å². The molecule has 1 aliphatic heterocycles. The Hall–Kier alpha value is -4.99. The van der Waals surface area contributed by atoms with Crippen LogP contribution >= 0.6 is 0 Å². The summed E-state index contributed by atoms with van der Waals surface area (Å²) in [6, 6.07) is 15.3. The van der Waals surface area contributed by atoms with Crippen LogP contribution in [0.2, 0.25) is 0 Å². The highest BCUT2D eigenvalue weighted by molar-refractivity contribution is 6.32. The average molecular weight is 482 g/mol. The Morgan fingerprint density at radius 1 is 1.03 bits per heavy atom. The molecular weight excluding hydrogens is 458 g/mol. The summed E-state index contributed by atoms with van der Waals surface area (Å²) in [4.78, 5) is 38.3. The lowest BCUT2D eigenvalue weighted by atomic mass is 9.99. The molecule has 3 heterocycles. The molecule has 0 unspecified atom stereocenters. The number of carbonyl (C=O) groups excluding carboxylic acids is 3. The third-order valence-corrected chi connectivity index (χ3v) is 5.75. The van der Waals surface area contributed by atoms with E-state index in [9.17, 15) is 14.4 Å².